The van der Waals surface area contributed by atoms with Crippen LogP contribution in [0.1, 0.15) is 42.4 Å². The minimum atomic E-state index is 0.442. The fraction of sp³-hybridized carbons (Fsp3) is 0.333. The van der Waals surface area contributed by atoms with E-state index in [1.54, 1.807) is 14.2 Å². The predicted octanol–water partition coefficient (Wildman–Crippen LogP) is 4.81. The van der Waals surface area contributed by atoms with Crippen LogP contribution in [0.3, 0.4) is 0 Å². The van der Waals surface area contributed by atoms with Crippen LogP contribution in [-0.2, 0) is 6.42 Å². The summed E-state index contributed by atoms with van der Waals surface area (Å²) in [5.41, 5.74) is 4.03. The highest BCUT2D eigenvalue weighted by atomic mass is 16.5. The molecular weight excluding hydrogens is 370 g/mol. The fourth-order valence-corrected chi connectivity index (χ4v) is 4.00. The second-order valence-electron chi connectivity index (χ2n) is 7.88. The minimum Gasteiger partial charge on any atom is -0.497 e. The van der Waals surface area contributed by atoms with E-state index in [9.17, 15) is 0 Å². The number of aryl methyl sites for hydroxylation is 1. The number of rotatable bonds is 11. The number of nitrogens with two attached hydrogens (primary N) is 1. The monoisotopic (exact) mass is 404 g/mol. The third kappa shape index (κ3) is 6.11. The number of quaternary nitrogens is 1. The lowest BCUT2D eigenvalue weighted by atomic mass is 9.88. The van der Waals surface area contributed by atoms with Crippen LogP contribution in [0.2, 0.25) is 0 Å². The highest BCUT2D eigenvalue weighted by Gasteiger charge is 2.16. The summed E-state index contributed by atoms with van der Waals surface area (Å²) in [6.07, 6.45) is 3.25. The maximum atomic E-state index is 5.54. The van der Waals surface area contributed by atoms with Gasteiger partial charge in [-0.05, 0) is 36.1 Å². The summed E-state index contributed by atoms with van der Waals surface area (Å²) < 4.78 is 10.8. The van der Waals surface area contributed by atoms with E-state index >= 15 is 0 Å². The van der Waals surface area contributed by atoms with Gasteiger partial charge in [0.15, 0.2) is 0 Å². The Morgan fingerprint density at radius 2 is 1.40 bits per heavy atom. The Bertz CT molecular complexity index is 840. The summed E-state index contributed by atoms with van der Waals surface area (Å²) in [6.45, 7) is 3.42. The molecule has 3 nitrogen and oxygen atoms in total. The molecule has 1 atom stereocenters. The Morgan fingerprint density at radius 3 is 1.97 bits per heavy atom. The summed E-state index contributed by atoms with van der Waals surface area (Å²) >= 11 is 0. The Labute approximate surface area is 181 Å². The first-order valence-electron chi connectivity index (χ1n) is 10.9. The molecule has 0 amide bonds. The van der Waals surface area contributed by atoms with E-state index < -0.39 is 0 Å². The summed E-state index contributed by atoms with van der Waals surface area (Å²) in [7, 11) is 3.41. The molecule has 2 N–H and O–H groups in total. The predicted molar refractivity (Wildman–Crippen MR) is 123 cm³/mol. The van der Waals surface area contributed by atoms with E-state index in [0.717, 1.165) is 37.3 Å². The normalized spacial score (nSPS) is 12.0. The van der Waals surface area contributed by atoms with Gasteiger partial charge in [0, 0.05) is 24.8 Å². The van der Waals surface area contributed by atoms with Crippen LogP contribution in [0.5, 0.6) is 11.5 Å². The number of hydrogen-bond donors (Lipinski definition) is 1. The van der Waals surface area contributed by atoms with Gasteiger partial charge in [-0.1, -0.05) is 66.7 Å². The average molecular weight is 405 g/mol. The zero-order chi connectivity index (χ0) is 21.2. The van der Waals surface area contributed by atoms with Crippen molar-refractivity contribution >= 4 is 0 Å². The fourth-order valence-electron chi connectivity index (χ4n) is 4.00. The molecule has 0 aliphatic heterocycles. The number of hydrogen-bond acceptors (Lipinski definition) is 2. The molecular formula is C27H34NO2+. The van der Waals surface area contributed by atoms with Crippen molar-refractivity contribution in [1.29, 1.82) is 0 Å². The van der Waals surface area contributed by atoms with E-state index in [4.69, 9.17) is 9.47 Å². The Hall–Kier alpha value is -2.78. The van der Waals surface area contributed by atoms with Gasteiger partial charge in [0.1, 0.15) is 11.5 Å². The van der Waals surface area contributed by atoms with Crippen LogP contribution < -0.4 is 14.8 Å². The topological polar surface area (TPSA) is 35.1 Å². The van der Waals surface area contributed by atoms with E-state index in [-0.39, 0.29) is 0 Å². The van der Waals surface area contributed by atoms with Crippen molar-refractivity contribution < 1.29 is 14.8 Å². The third-order valence-corrected chi connectivity index (χ3v) is 5.79. The molecule has 0 heterocycles. The summed E-state index contributed by atoms with van der Waals surface area (Å²) in [5, 5.41) is 2.48. The lowest BCUT2D eigenvalue weighted by molar-refractivity contribution is -0.687. The van der Waals surface area contributed by atoms with Crippen LogP contribution in [0.15, 0.2) is 78.9 Å². The Balaban J connectivity index is 1.54. The zero-order valence-corrected chi connectivity index (χ0v) is 18.4. The van der Waals surface area contributed by atoms with Gasteiger partial charge < -0.3 is 14.8 Å². The molecule has 0 aliphatic rings. The highest BCUT2D eigenvalue weighted by Crippen LogP contribution is 2.27. The van der Waals surface area contributed by atoms with Gasteiger partial charge in [0.25, 0.3) is 0 Å². The minimum absolute atomic E-state index is 0.442. The molecule has 1 unspecified atom stereocenters. The molecule has 0 saturated carbocycles. The molecule has 0 aliphatic carbocycles. The Morgan fingerprint density at radius 1 is 0.767 bits per heavy atom. The Kier molecular flexibility index (Phi) is 8.34. The van der Waals surface area contributed by atoms with Crippen molar-refractivity contribution in [3.8, 4) is 11.5 Å². The molecule has 158 valence electrons. The summed E-state index contributed by atoms with van der Waals surface area (Å²) in [4.78, 5) is 0. The van der Waals surface area contributed by atoms with Gasteiger partial charge in [-0.25, -0.2) is 0 Å². The molecule has 30 heavy (non-hydrogen) atoms. The molecule has 0 spiro atoms. The van der Waals surface area contributed by atoms with Crippen molar-refractivity contribution in [3.63, 3.8) is 0 Å². The first-order valence-corrected chi connectivity index (χ1v) is 10.9. The van der Waals surface area contributed by atoms with Gasteiger partial charge in [-0.15, -0.1) is 0 Å². The number of methoxy groups -OCH3 is 2. The average Bonchev–Trinajstić information content (AvgIpc) is 2.81. The zero-order valence-electron chi connectivity index (χ0n) is 18.4. The SMILES string of the molecule is COc1ccc(CCC(C)[NH2+]CCC(c2ccccc2)c2ccccc2)c(OC)c1. The van der Waals surface area contributed by atoms with Gasteiger partial charge in [-0.3, -0.25) is 0 Å². The largest absolute Gasteiger partial charge is 0.497 e. The summed E-state index contributed by atoms with van der Waals surface area (Å²) in [6, 6.07) is 28.4. The van der Waals surface area contributed by atoms with E-state index in [0.29, 0.717) is 12.0 Å². The van der Waals surface area contributed by atoms with Crippen LogP contribution >= 0.6 is 0 Å². The van der Waals surface area contributed by atoms with E-state index in [2.05, 4.69) is 79.0 Å². The van der Waals surface area contributed by atoms with Gasteiger partial charge in [-0.2, -0.15) is 0 Å². The van der Waals surface area contributed by atoms with Crippen molar-refractivity contribution in [2.75, 3.05) is 20.8 Å². The highest BCUT2D eigenvalue weighted by molar-refractivity contribution is 5.40. The molecule has 0 saturated heterocycles. The molecule has 3 aromatic carbocycles. The smallest absolute Gasteiger partial charge is 0.125 e. The van der Waals surface area contributed by atoms with Crippen molar-refractivity contribution in [2.24, 2.45) is 0 Å². The standard InChI is InChI=1S/C27H33NO2/c1-21(14-15-24-16-17-25(29-2)20-27(24)30-3)28-19-18-26(22-10-6-4-7-11-22)23-12-8-5-9-13-23/h4-13,16-17,20-21,26,28H,14-15,18-19H2,1-3H3/p+1. The molecule has 3 aromatic rings. The lowest BCUT2D eigenvalue weighted by Gasteiger charge is -2.19. The van der Waals surface area contributed by atoms with Crippen molar-refractivity contribution in [1.82, 2.24) is 0 Å². The van der Waals surface area contributed by atoms with Crippen LogP contribution in [0.25, 0.3) is 0 Å². The molecule has 0 radical (unpaired) electrons. The molecule has 0 fully saturated rings. The van der Waals surface area contributed by atoms with Crippen LogP contribution in [0, 0.1) is 0 Å². The van der Waals surface area contributed by atoms with Crippen molar-refractivity contribution in [2.45, 2.75) is 38.1 Å². The van der Waals surface area contributed by atoms with Gasteiger partial charge >= 0.3 is 0 Å². The maximum Gasteiger partial charge on any atom is 0.125 e. The van der Waals surface area contributed by atoms with E-state index in [1.165, 1.54) is 16.7 Å². The third-order valence-electron chi connectivity index (χ3n) is 5.79. The molecule has 0 aromatic heterocycles. The quantitative estimate of drug-likeness (QED) is 0.498. The molecule has 3 rings (SSSR count). The van der Waals surface area contributed by atoms with Crippen molar-refractivity contribution in [3.05, 3.63) is 95.6 Å². The van der Waals surface area contributed by atoms with Crippen LogP contribution in [-0.4, -0.2) is 26.8 Å². The number of ether oxygens (including phenoxy) is 2. The first kappa shape index (κ1) is 21.9. The van der Waals surface area contributed by atoms with Gasteiger partial charge in [0.2, 0.25) is 0 Å². The van der Waals surface area contributed by atoms with Gasteiger partial charge in [0.05, 0.1) is 26.8 Å². The van der Waals surface area contributed by atoms with Crippen LogP contribution in [0.4, 0.5) is 0 Å². The second-order valence-corrected chi connectivity index (χ2v) is 7.88. The molecule has 3 heteroatoms. The number of benzene rings is 3. The first-order chi connectivity index (χ1) is 14.7. The molecule has 0 bridgehead atoms. The lowest BCUT2D eigenvalue weighted by Crippen LogP contribution is -2.89. The maximum absolute atomic E-state index is 5.54. The second kappa shape index (κ2) is 11.4. The van der Waals surface area contributed by atoms with E-state index in [1.807, 2.05) is 12.1 Å². The summed E-state index contributed by atoms with van der Waals surface area (Å²) in [5.74, 6) is 2.19.